The van der Waals surface area contributed by atoms with Crippen LogP contribution in [-0.2, 0) is 9.47 Å². The van der Waals surface area contributed by atoms with Crippen LogP contribution in [0.15, 0.2) is 24.3 Å². The van der Waals surface area contributed by atoms with Gasteiger partial charge in [-0.15, -0.1) is 0 Å². The predicted octanol–water partition coefficient (Wildman–Crippen LogP) is 1.03. The molecule has 2 saturated heterocycles. The summed E-state index contributed by atoms with van der Waals surface area (Å²) < 4.78 is 16.6. The van der Waals surface area contributed by atoms with Gasteiger partial charge in [0.25, 0.3) is 0 Å². The van der Waals surface area contributed by atoms with E-state index in [0.717, 1.165) is 31.9 Å². The molecule has 2 heterocycles. The van der Waals surface area contributed by atoms with Crippen LogP contribution in [0.5, 0.6) is 5.75 Å². The summed E-state index contributed by atoms with van der Waals surface area (Å²) >= 11 is 0. The van der Waals surface area contributed by atoms with Crippen LogP contribution in [0.1, 0.15) is 6.92 Å². The van der Waals surface area contributed by atoms with Crippen LogP contribution in [0.3, 0.4) is 0 Å². The smallest absolute Gasteiger partial charge is 0.182 e. The highest BCUT2D eigenvalue weighted by Crippen LogP contribution is 2.21. The molecule has 3 rings (SSSR count). The van der Waals surface area contributed by atoms with Gasteiger partial charge in [0.1, 0.15) is 18.5 Å². The summed E-state index contributed by atoms with van der Waals surface area (Å²) in [7, 11) is 5.77. The van der Waals surface area contributed by atoms with Gasteiger partial charge >= 0.3 is 0 Å². The minimum Gasteiger partial charge on any atom is -0.491 e. The van der Waals surface area contributed by atoms with Crippen molar-refractivity contribution in [2.24, 2.45) is 0 Å². The standard InChI is InChI=1S/C15H21BN2O3/c1-12-19-10-15(21-12)11-20-14-4-2-13(3-5-14)17-6-8-18(16)9-7-17/h2-5,12,15H,6-11H2,1H3. The summed E-state index contributed by atoms with van der Waals surface area (Å²) in [6.07, 6.45) is -0.0977. The Bertz CT molecular complexity index is 449. The molecule has 1 aromatic rings. The van der Waals surface area contributed by atoms with Gasteiger partial charge in [-0.3, -0.25) is 0 Å². The molecule has 2 radical (unpaired) electrons. The van der Waals surface area contributed by atoms with Crippen molar-refractivity contribution in [1.29, 1.82) is 0 Å². The van der Waals surface area contributed by atoms with Crippen LogP contribution < -0.4 is 9.64 Å². The van der Waals surface area contributed by atoms with E-state index < -0.39 is 0 Å². The fourth-order valence-corrected chi connectivity index (χ4v) is 2.60. The van der Waals surface area contributed by atoms with Crippen LogP contribution in [0.2, 0.25) is 0 Å². The van der Waals surface area contributed by atoms with E-state index in [1.807, 2.05) is 23.9 Å². The lowest BCUT2D eigenvalue weighted by Crippen LogP contribution is -2.45. The second-order valence-corrected chi connectivity index (χ2v) is 5.49. The van der Waals surface area contributed by atoms with Gasteiger partial charge in [0, 0.05) is 31.9 Å². The molecule has 0 saturated carbocycles. The third-order valence-electron chi connectivity index (χ3n) is 3.85. The molecular weight excluding hydrogens is 267 g/mol. The van der Waals surface area contributed by atoms with Crippen LogP contribution in [0.25, 0.3) is 0 Å². The van der Waals surface area contributed by atoms with E-state index in [2.05, 4.69) is 17.0 Å². The van der Waals surface area contributed by atoms with Gasteiger partial charge in [-0.1, -0.05) is 0 Å². The van der Waals surface area contributed by atoms with Gasteiger partial charge in [0.05, 0.1) is 6.61 Å². The summed E-state index contributed by atoms with van der Waals surface area (Å²) in [6, 6.07) is 8.19. The molecule has 0 aliphatic carbocycles. The van der Waals surface area contributed by atoms with Gasteiger partial charge in [-0.2, -0.15) is 0 Å². The van der Waals surface area contributed by atoms with Gasteiger partial charge in [0.2, 0.25) is 0 Å². The molecule has 2 fully saturated rings. The third-order valence-corrected chi connectivity index (χ3v) is 3.85. The Morgan fingerprint density at radius 3 is 2.52 bits per heavy atom. The number of hydrogen-bond donors (Lipinski definition) is 0. The summed E-state index contributed by atoms with van der Waals surface area (Å²) in [5, 5.41) is 0. The average Bonchev–Trinajstić information content (AvgIpc) is 2.92. The molecule has 0 N–H and O–H groups in total. The number of benzene rings is 1. The highest BCUT2D eigenvalue weighted by molar-refractivity contribution is 6.04. The maximum absolute atomic E-state index is 5.77. The van der Waals surface area contributed by atoms with Crippen molar-refractivity contribution in [3.8, 4) is 5.75 Å². The summed E-state index contributed by atoms with van der Waals surface area (Å²) in [4.78, 5) is 4.20. The maximum Gasteiger partial charge on any atom is 0.182 e. The van der Waals surface area contributed by atoms with Crippen LogP contribution >= 0.6 is 0 Å². The average molecular weight is 288 g/mol. The molecule has 112 valence electrons. The first-order valence-corrected chi connectivity index (χ1v) is 7.45. The molecule has 6 heteroatoms. The largest absolute Gasteiger partial charge is 0.491 e. The summed E-state index contributed by atoms with van der Waals surface area (Å²) in [6.45, 7) is 6.74. The fourth-order valence-electron chi connectivity index (χ4n) is 2.60. The SMILES string of the molecule is [B]N1CCN(c2ccc(OCC3COC(C)O3)cc2)CC1. The van der Waals surface area contributed by atoms with Crippen LogP contribution in [0, 0.1) is 0 Å². The maximum atomic E-state index is 5.77. The van der Waals surface area contributed by atoms with E-state index in [9.17, 15) is 0 Å². The number of hydrogen-bond acceptors (Lipinski definition) is 5. The zero-order chi connectivity index (χ0) is 14.7. The number of ether oxygens (including phenoxy) is 3. The Balaban J connectivity index is 1.49. The van der Waals surface area contributed by atoms with Crippen molar-refractivity contribution in [3.05, 3.63) is 24.3 Å². The molecule has 2 aliphatic heterocycles. The zero-order valence-electron chi connectivity index (χ0n) is 12.4. The number of rotatable bonds is 4. The lowest BCUT2D eigenvalue weighted by molar-refractivity contribution is -0.0486. The number of anilines is 1. The quantitative estimate of drug-likeness (QED) is 0.773. The molecule has 0 bridgehead atoms. The molecule has 0 aromatic heterocycles. The van der Waals surface area contributed by atoms with E-state index in [-0.39, 0.29) is 12.4 Å². The molecule has 21 heavy (non-hydrogen) atoms. The zero-order valence-corrected chi connectivity index (χ0v) is 12.4. The Morgan fingerprint density at radius 1 is 1.19 bits per heavy atom. The first kappa shape index (κ1) is 14.7. The molecule has 2 atom stereocenters. The second kappa shape index (κ2) is 6.68. The Kier molecular flexibility index (Phi) is 4.68. The molecule has 0 amide bonds. The van der Waals surface area contributed by atoms with Gasteiger partial charge in [0.15, 0.2) is 14.3 Å². The van der Waals surface area contributed by atoms with Crippen LogP contribution in [-0.4, -0.2) is 64.6 Å². The summed E-state index contributed by atoms with van der Waals surface area (Å²) in [5.74, 6) is 0.861. The van der Waals surface area contributed by atoms with Crippen molar-refractivity contribution < 1.29 is 14.2 Å². The second-order valence-electron chi connectivity index (χ2n) is 5.49. The molecule has 2 aliphatic rings. The first-order chi connectivity index (χ1) is 10.2. The van der Waals surface area contributed by atoms with Gasteiger partial charge < -0.3 is 23.9 Å². The number of piperazine rings is 1. The predicted molar refractivity (Wildman–Crippen MR) is 81.8 cm³/mol. The lowest BCUT2D eigenvalue weighted by atomic mass is 10.2. The molecule has 1 aromatic carbocycles. The van der Waals surface area contributed by atoms with Crippen molar-refractivity contribution >= 4 is 13.7 Å². The minimum atomic E-state index is -0.123. The van der Waals surface area contributed by atoms with E-state index in [1.165, 1.54) is 5.69 Å². The molecule has 2 unspecified atom stereocenters. The highest BCUT2D eigenvalue weighted by Gasteiger charge is 2.22. The van der Waals surface area contributed by atoms with Crippen molar-refractivity contribution in [3.63, 3.8) is 0 Å². The van der Waals surface area contributed by atoms with E-state index >= 15 is 0 Å². The Labute approximate surface area is 127 Å². The minimum absolute atomic E-state index is 0.0253. The van der Waals surface area contributed by atoms with Gasteiger partial charge in [-0.05, 0) is 31.2 Å². The Hall–Kier alpha value is -1.24. The summed E-state index contributed by atoms with van der Waals surface area (Å²) in [5.41, 5.74) is 1.21. The van der Waals surface area contributed by atoms with Crippen molar-refractivity contribution in [1.82, 2.24) is 4.81 Å². The highest BCUT2D eigenvalue weighted by atomic mass is 16.7. The van der Waals surface area contributed by atoms with Crippen molar-refractivity contribution in [2.45, 2.75) is 19.3 Å². The van der Waals surface area contributed by atoms with Gasteiger partial charge in [-0.25, -0.2) is 0 Å². The lowest BCUT2D eigenvalue weighted by Gasteiger charge is -2.34. The molecule has 0 spiro atoms. The van der Waals surface area contributed by atoms with E-state index in [1.54, 1.807) is 0 Å². The Morgan fingerprint density at radius 2 is 1.90 bits per heavy atom. The number of nitrogens with zero attached hydrogens (tertiary/aromatic N) is 2. The van der Waals surface area contributed by atoms with Crippen LogP contribution in [0.4, 0.5) is 5.69 Å². The third kappa shape index (κ3) is 3.90. The molecular formula is C15H21BN2O3. The first-order valence-electron chi connectivity index (χ1n) is 7.45. The normalized spacial score (nSPS) is 27.0. The van der Waals surface area contributed by atoms with E-state index in [0.29, 0.717) is 13.2 Å². The molecule has 5 nitrogen and oxygen atoms in total. The monoisotopic (exact) mass is 288 g/mol. The van der Waals surface area contributed by atoms with E-state index in [4.69, 9.17) is 22.2 Å². The topological polar surface area (TPSA) is 34.2 Å². The fraction of sp³-hybridized carbons (Fsp3) is 0.600. The van der Waals surface area contributed by atoms with Crippen molar-refractivity contribution in [2.75, 3.05) is 44.3 Å².